The van der Waals surface area contributed by atoms with Crippen molar-refractivity contribution in [1.29, 1.82) is 0 Å². The lowest BCUT2D eigenvalue weighted by Crippen LogP contribution is -2.58. The fraction of sp³-hybridized carbons (Fsp3) is 0.647. The van der Waals surface area contributed by atoms with Gasteiger partial charge in [0.2, 0.25) is 0 Å². The molecule has 1 aromatic rings. The van der Waals surface area contributed by atoms with Crippen LogP contribution in [0.5, 0.6) is 0 Å². The van der Waals surface area contributed by atoms with Gasteiger partial charge in [-0.25, -0.2) is 0 Å². The summed E-state index contributed by atoms with van der Waals surface area (Å²) in [7, 11) is 0. The quantitative estimate of drug-likeness (QED) is 0.893. The van der Waals surface area contributed by atoms with Gasteiger partial charge >= 0.3 is 0 Å². The van der Waals surface area contributed by atoms with Crippen LogP contribution in [-0.2, 0) is 6.42 Å². The molecule has 1 heterocycles. The van der Waals surface area contributed by atoms with E-state index in [-0.39, 0.29) is 0 Å². The first-order chi connectivity index (χ1) is 9.24. The smallest absolute Gasteiger partial charge is 0.0224 e. The molecular formula is C17H26N2. The standard InChI is InChI=1S/C17H26N2/c1-13(10-15-6-4-3-5-7-15)19-12-17(16-8-9-16)18-11-14(19)2/h3-7,13-14,16-18H,8-12H2,1-2H3. The van der Waals surface area contributed by atoms with E-state index in [0.29, 0.717) is 12.1 Å². The fourth-order valence-electron chi connectivity index (χ4n) is 3.41. The van der Waals surface area contributed by atoms with Crippen molar-refractivity contribution in [3.63, 3.8) is 0 Å². The lowest BCUT2D eigenvalue weighted by Gasteiger charge is -2.42. The fourth-order valence-corrected chi connectivity index (χ4v) is 3.41. The Morgan fingerprint density at radius 2 is 2.00 bits per heavy atom. The van der Waals surface area contributed by atoms with Gasteiger partial charge in [0.25, 0.3) is 0 Å². The molecule has 3 unspecified atom stereocenters. The minimum absolute atomic E-state index is 0.640. The number of benzene rings is 1. The molecule has 1 aromatic carbocycles. The van der Waals surface area contributed by atoms with Gasteiger partial charge in [-0.1, -0.05) is 30.3 Å². The van der Waals surface area contributed by atoms with Crippen molar-refractivity contribution in [3.8, 4) is 0 Å². The zero-order chi connectivity index (χ0) is 13.2. The van der Waals surface area contributed by atoms with Crippen molar-refractivity contribution in [1.82, 2.24) is 10.2 Å². The van der Waals surface area contributed by atoms with E-state index in [1.54, 1.807) is 0 Å². The van der Waals surface area contributed by atoms with Gasteiger partial charge in [-0.3, -0.25) is 4.90 Å². The van der Waals surface area contributed by atoms with Crippen LogP contribution in [0.4, 0.5) is 0 Å². The van der Waals surface area contributed by atoms with Crippen LogP contribution in [-0.4, -0.2) is 36.1 Å². The molecule has 104 valence electrons. The maximum atomic E-state index is 3.74. The summed E-state index contributed by atoms with van der Waals surface area (Å²) < 4.78 is 0. The molecule has 0 spiro atoms. The van der Waals surface area contributed by atoms with E-state index < -0.39 is 0 Å². The molecule has 1 aliphatic carbocycles. The van der Waals surface area contributed by atoms with E-state index in [1.165, 1.54) is 31.4 Å². The molecular weight excluding hydrogens is 232 g/mol. The van der Waals surface area contributed by atoms with Crippen LogP contribution >= 0.6 is 0 Å². The van der Waals surface area contributed by atoms with E-state index in [9.17, 15) is 0 Å². The Balaban J connectivity index is 1.62. The van der Waals surface area contributed by atoms with Crippen molar-refractivity contribution in [2.45, 2.75) is 51.2 Å². The first-order valence-electron chi connectivity index (χ1n) is 7.77. The third kappa shape index (κ3) is 3.18. The monoisotopic (exact) mass is 258 g/mol. The van der Waals surface area contributed by atoms with Crippen LogP contribution in [0.1, 0.15) is 32.3 Å². The molecule has 1 N–H and O–H groups in total. The molecule has 19 heavy (non-hydrogen) atoms. The molecule has 2 nitrogen and oxygen atoms in total. The third-order valence-electron chi connectivity index (χ3n) is 4.78. The van der Waals surface area contributed by atoms with Gasteiger partial charge in [0.15, 0.2) is 0 Å². The minimum Gasteiger partial charge on any atom is -0.311 e. The Bertz CT molecular complexity index is 399. The van der Waals surface area contributed by atoms with Crippen molar-refractivity contribution in [2.75, 3.05) is 13.1 Å². The van der Waals surface area contributed by atoms with Gasteiger partial charge in [0.1, 0.15) is 0 Å². The maximum Gasteiger partial charge on any atom is 0.0224 e. The second-order valence-electron chi connectivity index (χ2n) is 6.44. The summed E-state index contributed by atoms with van der Waals surface area (Å²) in [5, 5.41) is 3.74. The first-order valence-corrected chi connectivity index (χ1v) is 7.77. The zero-order valence-corrected chi connectivity index (χ0v) is 12.2. The van der Waals surface area contributed by atoms with Crippen molar-refractivity contribution < 1.29 is 0 Å². The minimum atomic E-state index is 0.640. The predicted octanol–water partition coefficient (Wildman–Crippen LogP) is 2.69. The maximum absolute atomic E-state index is 3.74. The van der Waals surface area contributed by atoms with Gasteiger partial charge in [0.05, 0.1) is 0 Å². The average Bonchev–Trinajstić information content (AvgIpc) is 3.25. The summed E-state index contributed by atoms with van der Waals surface area (Å²) in [6, 6.07) is 12.9. The highest BCUT2D eigenvalue weighted by molar-refractivity contribution is 5.16. The number of piperazine rings is 1. The first kappa shape index (κ1) is 13.1. The molecule has 2 fully saturated rings. The summed E-state index contributed by atoms with van der Waals surface area (Å²) in [5.74, 6) is 0.957. The van der Waals surface area contributed by atoms with Crippen molar-refractivity contribution >= 4 is 0 Å². The summed E-state index contributed by atoms with van der Waals surface area (Å²) in [6.07, 6.45) is 4.04. The van der Waals surface area contributed by atoms with E-state index >= 15 is 0 Å². The SMILES string of the molecule is CC1CNC(C2CC2)CN1C(C)Cc1ccccc1. The largest absolute Gasteiger partial charge is 0.311 e. The molecule has 3 atom stereocenters. The van der Waals surface area contributed by atoms with E-state index in [1.807, 2.05) is 0 Å². The van der Waals surface area contributed by atoms with E-state index in [0.717, 1.165) is 18.5 Å². The molecule has 1 saturated heterocycles. The molecule has 2 heteroatoms. The number of hydrogen-bond acceptors (Lipinski definition) is 2. The molecule has 0 bridgehead atoms. The molecule has 1 saturated carbocycles. The van der Waals surface area contributed by atoms with Crippen molar-refractivity contribution in [3.05, 3.63) is 35.9 Å². The average molecular weight is 258 g/mol. The van der Waals surface area contributed by atoms with Gasteiger partial charge in [-0.05, 0) is 44.6 Å². The molecule has 2 aliphatic rings. The lowest BCUT2D eigenvalue weighted by molar-refractivity contribution is 0.0924. The third-order valence-corrected chi connectivity index (χ3v) is 4.78. The van der Waals surface area contributed by atoms with Crippen LogP contribution in [0.2, 0.25) is 0 Å². The van der Waals surface area contributed by atoms with Crippen LogP contribution < -0.4 is 5.32 Å². The van der Waals surface area contributed by atoms with E-state index in [4.69, 9.17) is 0 Å². The van der Waals surface area contributed by atoms with Gasteiger partial charge in [-0.15, -0.1) is 0 Å². The highest BCUT2D eigenvalue weighted by Gasteiger charge is 2.37. The normalized spacial score (nSPS) is 30.2. The van der Waals surface area contributed by atoms with Crippen molar-refractivity contribution in [2.24, 2.45) is 5.92 Å². The molecule has 0 aromatic heterocycles. The van der Waals surface area contributed by atoms with Crippen LogP contribution in [0.3, 0.4) is 0 Å². The number of nitrogens with zero attached hydrogens (tertiary/aromatic N) is 1. The zero-order valence-electron chi connectivity index (χ0n) is 12.2. The Morgan fingerprint density at radius 1 is 1.26 bits per heavy atom. The van der Waals surface area contributed by atoms with Crippen LogP contribution in [0.25, 0.3) is 0 Å². The second-order valence-corrected chi connectivity index (χ2v) is 6.44. The summed E-state index contributed by atoms with van der Waals surface area (Å²) in [6.45, 7) is 7.14. The predicted molar refractivity (Wildman–Crippen MR) is 80.3 cm³/mol. The Kier molecular flexibility index (Phi) is 3.90. The number of hydrogen-bond donors (Lipinski definition) is 1. The highest BCUT2D eigenvalue weighted by Crippen LogP contribution is 2.34. The number of rotatable bonds is 4. The molecule has 0 amide bonds. The Hall–Kier alpha value is -0.860. The van der Waals surface area contributed by atoms with Gasteiger partial charge in [0, 0.05) is 31.2 Å². The van der Waals surface area contributed by atoms with Crippen LogP contribution in [0, 0.1) is 5.92 Å². The Labute approximate surface area is 117 Å². The molecule has 1 aliphatic heterocycles. The summed E-state index contributed by atoms with van der Waals surface area (Å²) in [4.78, 5) is 2.71. The van der Waals surface area contributed by atoms with Crippen LogP contribution in [0.15, 0.2) is 30.3 Å². The van der Waals surface area contributed by atoms with E-state index in [2.05, 4.69) is 54.4 Å². The highest BCUT2D eigenvalue weighted by atomic mass is 15.2. The number of nitrogens with one attached hydrogen (secondary N) is 1. The van der Waals surface area contributed by atoms with Gasteiger partial charge < -0.3 is 5.32 Å². The van der Waals surface area contributed by atoms with Gasteiger partial charge in [-0.2, -0.15) is 0 Å². The second kappa shape index (κ2) is 5.64. The molecule has 0 radical (unpaired) electrons. The Morgan fingerprint density at radius 3 is 2.68 bits per heavy atom. The summed E-state index contributed by atoms with van der Waals surface area (Å²) in [5.41, 5.74) is 1.46. The lowest BCUT2D eigenvalue weighted by atomic mass is 10.00. The molecule has 3 rings (SSSR count). The summed E-state index contributed by atoms with van der Waals surface area (Å²) >= 11 is 0. The topological polar surface area (TPSA) is 15.3 Å².